The highest BCUT2D eigenvalue weighted by Gasteiger charge is 2.31. The summed E-state index contributed by atoms with van der Waals surface area (Å²) in [6.07, 6.45) is 6.83. The molecule has 11 heavy (non-hydrogen) atoms. The predicted molar refractivity (Wildman–Crippen MR) is 51.6 cm³/mol. The molecule has 62 valence electrons. The van der Waals surface area contributed by atoms with Crippen LogP contribution in [-0.2, 0) is 0 Å². The fourth-order valence-electron chi connectivity index (χ4n) is 2.30. The topological polar surface area (TPSA) is 0 Å². The maximum Gasteiger partial charge on any atom is 0.0154 e. The molecule has 0 saturated heterocycles. The molecule has 1 saturated carbocycles. The number of hydrogen-bond donors (Lipinski definition) is 0. The van der Waals surface area contributed by atoms with Gasteiger partial charge in [-0.25, -0.2) is 0 Å². The SMILES string of the molecule is CC1=CC2CC(C)CCC2S1. The minimum atomic E-state index is 0.920. The van der Waals surface area contributed by atoms with E-state index in [1.54, 1.807) is 4.91 Å². The van der Waals surface area contributed by atoms with E-state index >= 15 is 0 Å². The van der Waals surface area contributed by atoms with Gasteiger partial charge in [0.25, 0.3) is 0 Å². The van der Waals surface area contributed by atoms with Crippen LogP contribution in [0.5, 0.6) is 0 Å². The summed E-state index contributed by atoms with van der Waals surface area (Å²) >= 11 is 2.11. The summed E-state index contributed by atoms with van der Waals surface area (Å²) in [6, 6.07) is 0. The van der Waals surface area contributed by atoms with Gasteiger partial charge in [-0.2, -0.15) is 0 Å². The molecule has 0 aromatic rings. The summed E-state index contributed by atoms with van der Waals surface area (Å²) in [4.78, 5) is 1.56. The molecule has 0 radical (unpaired) electrons. The summed E-state index contributed by atoms with van der Waals surface area (Å²) in [7, 11) is 0. The lowest BCUT2D eigenvalue weighted by Crippen LogP contribution is -2.21. The maximum atomic E-state index is 2.49. The van der Waals surface area contributed by atoms with Crippen molar-refractivity contribution < 1.29 is 0 Å². The Hall–Kier alpha value is 0.0900. The number of allylic oxidation sites excluding steroid dienone is 2. The first-order chi connectivity index (χ1) is 5.25. The molecular formula is C10H16S. The Morgan fingerprint density at radius 3 is 3.09 bits per heavy atom. The molecule has 1 heterocycles. The van der Waals surface area contributed by atoms with Crippen LogP contribution in [0.25, 0.3) is 0 Å². The average molecular weight is 168 g/mol. The van der Waals surface area contributed by atoms with Gasteiger partial charge in [-0.1, -0.05) is 13.0 Å². The predicted octanol–water partition coefficient (Wildman–Crippen LogP) is 3.44. The molecule has 3 unspecified atom stereocenters. The standard InChI is InChI=1S/C10H16S/c1-7-3-4-10-9(5-7)6-8(2)11-10/h6-7,9-10H,3-5H2,1-2H3. The highest BCUT2D eigenvalue weighted by atomic mass is 32.2. The van der Waals surface area contributed by atoms with Crippen molar-refractivity contribution in [2.75, 3.05) is 0 Å². The van der Waals surface area contributed by atoms with E-state index in [1.807, 2.05) is 0 Å². The molecule has 0 aromatic heterocycles. The summed E-state index contributed by atoms with van der Waals surface area (Å²) in [5.74, 6) is 1.89. The lowest BCUT2D eigenvalue weighted by Gasteiger charge is -2.28. The zero-order valence-corrected chi connectivity index (χ0v) is 8.16. The first kappa shape index (κ1) is 7.72. The minimum Gasteiger partial charge on any atom is -0.127 e. The van der Waals surface area contributed by atoms with Gasteiger partial charge in [0, 0.05) is 5.25 Å². The molecule has 0 N–H and O–H groups in total. The zero-order chi connectivity index (χ0) is 7.84. The summed E-state index contributed by atoms with van der Waals surface area (Å²) in [6.45, 7) is 4.65. The van der Waals surface area contributed by atoms with E-state index in [9.17, 15) is 0 Å². The van der Waals surface area contributed by atoms with Crippen molar-refractivity contribution in [1.82, 2.24) is 0 Å². The van der Waals surface area contributed by atoms with E-state index in [-0.39, 0.29) is 0 Å². The van der Waals surface area contributed by atoms with Crippen LogP contribution >= 0.6 is 11.8 Å². The zero-order valence-electron chi connectivity index (χ0n) is 7.34. The highest BCUT2D eigenvalue weighted by molar-refractivity contribution is 8.03. The molecule has 0 aromatic carbocycles. The van der Waals surface area contributed by atoms with Crippen molar-refractivity contribution in [2.24, 2.45) is 11.8 Å². The second-order valence-corrected chi connectivity index (χ2v) is 5.50. The maximum absolute atomic E-state index is 2.49. The molecule has 0 bridgehead atoms. The Kier molecular flexibility index (Phi) is 2.00. The molecule has 2 aliphatic rings. The van der Waals surface area contributed by atoms with Crippen molar-refractivity contribution in [3.8, 4) is 0 Å². The van der Waals surface area contributed by atoms with Crippen LogP contribution in [-0.4, -0.2) is 5.25 Å². The monoisotopic (exact) mass is 168 g/mol. The van der Waals surface area contributed by atoms with Crippen molar-refractivity contribution in [2.45, 2.75) is 38.4 Å². The second kappa shape index (κ2) is 2.85. The molecule has 1 aliphatic heterocycles. The molecule has 1 fully saturated rings. The van der Waals surface area contributed by atoms with E-state index in [4.69, 9.17) is 0 Å². The van der Waals surface area contributed by atoms with Crippen LogP contribution in [0.2, 0.25) is 0 Å². The number of rotatable bonds is 0. The molecule has 1 heteroatoms. The molecule has 0 nitrogen and oxygen atoms in total. The van der Waals surface area contributed by atoms with Crippen LogP contribution in [0.4, 0.5) is 0 Å². The van der Waals surface area contributed by atoms with Gasteiger partial charge < -0.3 is 0 Å². The number of fused-ring (bicyclic) bond motifs is 1. The number of thioether (sulfide) groups is 1. The first-order valence-corrected chi connectivity index (χ1v) is 5.49. The van der Waals surface area contributed by atoms with Gasteiger partial charge in [-0.3, -0.25) is 0 Å². The van der Waals surface area contributed by atoms with E-state index in [0.717, 1.165) is 17.1 Å². The quantitative estimate of drug-likeness (QED) is 0.534. The van der Waals surface area contributed by atoms with E-state index < -0.39 is 0 Å². The lowest BCUT2D eigenvalue weighted by molar-refractivity contribution is 0.338. The summed E-state index contributed by atoms with van der Waals surface area (Å²) < 4.78 is 0. The van der Waals surface area contributed by atoms with Crippen LogP contribution in [0.15, 0.2) is 11.0 Å². The van der Waals surface area contributed by atoms with Crippen LogP contribution in [0.1, 0.15) is 33.1 Å². The van der Waals surface area contributed by atoms with Crippen LogP contribution in [0, 0.1) is 11.8 Å². The fraction of sp³-hybridized carbons (Fsp3) is 0.800. The van der Waals surface area contributed by atoms with Crippen LogP contribution in [0.3, 0.4) is 0 Å². The third kappa shape index (κ3) is 1.48. The van der Waals surface area contributed by atoms with Gasteiger partial charge >= 0.3 is 0 Å². The van der Waals surface area contributed by atoms with Gasteiger partial charge in [-0.05, 0) is 42.9 Å². The Morgan fingerprint density at radius 1 is 1.45 bits per heavy atom. The molecule has 1 aliphatic carbocycles. The molecule has 3 atom stereocenters. The third-order valence-corrected chi connectivity index (χ3v) is 4.28. The Bertz CT molecular complexity index is 183. The van der Waals surface area contributed by atoms with Crippen LogP contribution < -0.4 is 0 Å². The van der Waals surface area contributed by atoms with E-state index in [0.29, 0.717) is 0 Å². The van der Waals surface area contributed by atoms with Crippen molar-refractivity contribution in [3.63, 3.8) is 0 Å². The summed E-state index contributed by atoms with van der Waals surface area (Å²) in [5, 5.41) is 0.950. The normalized spacial score (nSPS) is 43.5. The largest absolute Gasteiger partial charge is 0.127 e. The highest BCUT2D eigenvalue weighted by Crippen LogP contribution is 2.45. The second-order valence-electron chi connectivity index (χ2n) is 4.02. The van der Waals surface area contributed by atoms with Gasteiger partial charge in [0.1, 0.15) is 0 Å². The average Bonchev–Trinajstić information content (AvgIpc) is 2.27. The van der Waals surface area contributed by atoms with E-state index in [1.165, 1.54) is 19.3 Å². The molecule has 0 amide bonds. The Balaban J connectivity index is 2.05. The third-order valence-electron chi connectivity index (χ3n) is 2.88. The van der Waals surface area contributed by atoms with Crippen molar-refractivity contribution >= 4 is 11.8 Å². The molecule has 2 rings (SSSR count). The Morgan fingerprint density at radius 2 is 2.27 bits per heavy atom. The fourth-order valence-corrected chi connectivity index (χ4v) is 3.65. The van der Waals surface area contributed by atoms with Gasteiger partial charge in [-0.15, -0.1) is 11.8 Å². The lowest BCUT2D eigenvalue weighted by atomic mass is 9.82. The summed E-state index contributed by atoms with van der Waals surface area (Å²) in [5.41, 5.74) is 0. The van der Waals surface area contributed by atoms with Crippen molar-refractivity contribution in [1.29, 1.82) is 0 Å². The minimum absolute atomic E-state index is 0.920. The number of hydrogen-bond acceptors (Lipinski definition) is 1. The van der Waals surface area contributed by atoms with Gasteiger partial charge in [0.2, 0.25) is 0 Å². The van der Waals surface area contributed by atoms with Crippen molar-refractivity contribution in [3.05, 3.63) is 11.0 Å². The van der Waals surface area contributed by atoms with Gasteiger partial charge in [0.05, 0.1) is 0 Å². The first-order valence-electron chi connectivity index (χ1n) is 4.61. The smallest absolute Gasteiger partial charge is 0.0154 e. The Labute approximate surface area is 73.4 Å². The molecule has 0 spiro atoms. The molecular weight excluding hydrogens is 152 g/mol. The van der Waals surface area contributed by atoms with E-state index in [2.05, 4.69) is 31.7 Å². The van der Waals surface area contributed by atoms with Gasteiger partial charge in [0.15, 0.2) is 0 Å².